The summed E-state index contributed by atoms with van der Waals surface area (Å²) in [5.41, 5.74) is 1.30. The highest BCUT2D eigenvalue weighted by atomic mass is 35.5. The number of hydrogen-bond donors (Lipinski definition) is 0. The van der Waals surface area contributed by atoms with Crippen molar-refractivity contribution in [2.75, 3.05) is 0 Å². The van der Waals surface area contributed by atoms with Gasteiger partial charge in [-0.15, -0.1) is 11.6 Å². The van der Waals surface area contributed by atoms with E-state index in [1.807, 2.05) is 13.0 Å². The quantitative estimate of drug-likeness (QED) is 0.484. The van der Waals surface area contributed by atoms with Crippen LogP contribution in [-0.2, 0) is 5.88 Å². The monoisotopic (exact) mass is 278 g/mol. The summed E-state index contributed by atoms with van der Waals surface area (Å²) < 4.78 is 5.57. The van der Waals surface area contributed by atoms with E-state index in [2.05, 4.69) is 4.98 Å². The van der Waals surface area contributed by atoms with E-state index in [-0.39, 0.29) is 11.6 Å². The minimum Gasteiger partial charge on any atom is -0.456 e. The highest BCUT2D eigenvalue weighted by Gasteiger charge is 2.13. The van der Waals surface area contributed by atoms with Crippen molar-refractivity contribution in [3.8, 4) is 11.5 Å². The number of nitro groups is 1. The van der Waals surface area contributed by atoms with Gasteiger partial charge in [0.15, 0.2) is 0 Å². The molecule has 0 aliphatic carbocycles. The standard InChI is InChI=1S/C13H11ClN2O3/c1-9-2-3-12(8-15-9)19-11-4-5-13(16(17)18)10(6-11)7-14/h2-6,8H,7H2,1H3. The van der Waals surface area contributed by atoms with E-state index in [0.29, 0.717) is 17.1 Å². The van der Waals surface area contributed by atoms with Gasteiger partial charge in [0.2, 0.25) is 0 Å². The molecule has 2 rings (SSSR count). The van der Waals surface area contributed by atoms with E-state index in [1.54, 1.807) is 18.3 Å². The van der Waals surface area contributed by atoms with Crippen LogP contribution in [-0.4, -0.2) is 9.91 Å². The molecule has 1 heterocycles. The second-order valence-corrected chi connectivity index (χ2v) is 4.19. The Bertz CT molecular complexity index is 599. The van der Waals surface area contributed by atoms with Gasteiger partial charge in [-0.05, 0) is 31.2 Å². The van der Waals surface area contributed by atoms with Crippen molar-refractivity contribution in [3.63, 3.8) is 0 Å². The fourth-order valence-corrected chi connectivity index (χ4v) is 1.78. The Hall–Kier alpha value is -2.14. The van der Waals surface area contributed by atoms with Gasteiger partial charge in [-0.2, -0.15) is 0 Å². The number of nitrogens with zero attached hydrogens (tertiary/aromatic N) is 2. The summed E-state index contributed by atoms with van der Waals surface area (Å²) in [7, 11) is 0. The first-order valence-corrected chi connectivity index (χ1v) is 6.07. The first kappa shape index (κ1) is 13.3. The summed E-state index contributed by atoms with van der Waals surface area (Å²) in [6.07, 6.45) is 1.59. The minimum absolute atomic E-state index is 0.00983. The zero-order chi connectivity index (χ0) is 13.8. The molecule has 0 fully saturated rings. The van der Waals surface area contributed by atoms with Crippen LogP contribution in [0.15, 0.2) is 36.5 Å². The number of benzene rings is 1. The molecule has 0 aliphatic heterocycles. The van der Waals surface area contributed by atoms with Crippen LogP contribution < -0.4 is 4.74 Å². The van der Waals surface area contributed by atoms with Crippen LogP contribution in [0.1, 0.15) is 11.3 Å². The molecule has 0 N–H and O–H groups in total. The van der Waals surface area contributed by atoms with Gasteiger partial charge in [0.1, 0.15) is 11.5 Å². The second kappa shape index (κ2) is 5.67. The first-order chi connectivity index (χ1) is 9.10. The number of alkyl halides is 1. The van der Waals surface area contributed by atoms with Crippen LogP contribution in [0.2, 0.25) is 0 Å². The van der Waals surface area contributed by atoms with Crippen molar-refractivity contribution in [1.82, 2.24) is 4.98 Å². The summed E-state index contributed by atoms with van der Waals surface area (Å²) in [6.45, 7) is 1.88. The molecule has 0 saturated heterocycles. The van der Waals surface area contributed by atoms with Gasteiger partial charge in [-0.25, -0.2) is 0 Å². The largest absolute Gasteiger partial charge is 0.456 e. The van der Waals surface area contributed by atoms with Gasteiger partial charge < -0.3 is 4.74 Å². The van der Waals surface area contributed by atoms with Crippen LogP contribution in [0.25, 0.3) is 0 Å². The molecular formula is C13H11ClN2O3. The maximum absolute atomic E-state index is 10.8. The van der Waals surface area contributed by atoms with Crippen LogP contribution >= 0.6 is 11.6 Å². The lowest BCUT2D eigenvalue weighted by molar-refractivity contribution is -0.385. The molecule has 0 spiro atoms. The fourth-order valence-electron chi connectivity index (χ4n) is 1.56. The van der Waals surface area contributed by atoms with Crippen molar-refractivity contribution in [3.05, 3.63) is 57.9 Å². The van der Waals surface area contributed by atoms with Gasteiger partial charge in [-0.3, -0.25) is 15.1 Å². The molecule has 0 atom stereocenters. The predicted octanol–water partition coefficient (Wildman–Crippen LogP) is 3.83. The topological polar surface area (TPSA) is 65.3 Å². The average Bonchev–Trinajstić information content (AvgIpc) is 2.41. The van der Waals surface area contributed by atoms with E-state index >= 15 is 0 Å². The van der Waals surface area contributed by atoms with Gasteiger partial charge in [0.05, 0.1) is 17.0 Å². The Kier molecular flexibility index (Phi) is 3.97. The number of halogens is 1. The molecule has 6 heteroatoms. The third-order valence-corrected chi connectivity index (χ3v) is 2.80. The first-order valence-electron chi connectivity index (χ1n) is 5.54. The van der Waals surface area contributed by atoms with Crippen molar-refractivity contribution in [2.24, 2.45) is 0 Å². The van der Waals surface area contributed by atoms with Gasteiger partial charge in [-0.1, -0.05) is 0 Å². The number of hydrogen-bond acceptors (Lipinski definition) is 4. The molecule has 1 aromatic carbocycles. The van der Waals surface area contributed by atoms with Crippen LogP contribution in [0.5, 0.6) is 11.5 Å². The van der Waals surface area contributed by atoms with E-state index in [4.69, 9.17) is 16.3 Å². The van der Waals surface area contributed by atoms with E-state index in [0.717, 1.165) is 5.69 Å². The third-order valence-electron chi connectivity index (χ3n) is 2.51. The summed E-state index contributed by atoms with van der Waals surface area (Å²) in [4.78, 5) is 14.4. The van der Waals surface area contributed by atoms with Gasteiger partial charge >= 0.3 is 0 Å². The molecule has 0 aliphatic rings. The van der Waals surface area contributed by atoms with E-state index in [1.165, 1.54) is 12.1 Å². The maximum atomic E-state index is 10.8. The smallest absolute Gasteiger partial charge is 0.274 e. The number of aryl methyl sites for hydroxylation is 1. The molecule has 98 valence electrons. The Morgan fingerprint density at radius 3 is 2.63 bits per heavy atom. The molecule has 1 aromatic heterocycles. The summed E-state index contributed by atoms with van der Waals surface area (Å²) in [6, 6.07) is 8.08. The average molecular weight is 279 g/mol. The molecule has 0 unspecified atom stereocenters. The molecule has 5 nitrogen and oxygen atoms in total. The zero-order valence-corrected chi connectivity index (χ0v) is 10.9. The molecule has 19 heavy (non-hydrogen) atoms. The normalized spacial score (nSPS) is 10.2. The fraction of sp³-hybridized carbons (Fsp3) is 0.154. The maximum Gasteiger partial charge on any atom is 0.274 e. The van der Waals surface area contributed by atoms with E-state index in [9.17, 15) is 10.1 Å². The third kappa shape index (κ3) is 3.20. The molecule has 0 bridgehead atoms. The lowest BCUT2D eigenvalue weighted by Crippen LogP contribution is -1.94. The minimum atomic E-state index is -0.463. The van der Waals surface area contributed by atoms with Crippen molar-refractivity contribution < 1.29 is 9.66 Å². The SMILES string of the molecule is Cc1ccc(Oc2ccc([N+](=O)[O-])c(CCl)c2)cn1. The lowest BCUT2D eigenvalue weighted by atomic mass is 10.2. The number of rotatable bonds is 4. The highest BCUT2D eigenvalue weighted by Crippen LogP contribution is 2.28. The predicted molar refractivity (Wildman–Crippen MR) is 71.7 cm³/mol. The Balaban J connectivity index is 2.26. The Morgan fingerprint density at radius 2 is 2.05 bits per heavy atom. The van der Waals surface area contributed by atoms with Crippen molar-refractivity contribution in [2.45, 2.75) is 12.8 Å². The van der Waals surface area contributed by atoms with E-state index < -0.39 is 4.92 Å². The van der Waals surface area contributed by atoms with Gasteiger partial charge in [0.25, 0.3) is 5.69 Å². The Labute approximate surface area is 115 Å². The number of aromatic nitrogens is 1. The summed E-state index contributed by atoms with van der Waals surface area (Å²) >= 11 is 5.70. The zero-order valence-electron chi connectivity index (χ0n) is 10.2. The van der Waals surface area contributed by atoms with Crippen LogP contribution in [0.3, 0.4) is 0 Å². The Morgan fingerprint density at radius 1 is 1.32 bits per heavy atom. The molecule has 0 radical (unpaired) electrons. The second-order valence-electron chi connectivity index (χ2n) is 3.92. The summed E-state index contributed by atoms with van der Waals surface area (Å²) in [5, 5.41) is 10.8. The van der Waals surface area contributed by atoms with Crippen LogP contribution in [0.4, 0.5) is 5.69 Å². The van der Waals surface area contributed by atoms with Crippen molar-refractivity contribution >= 4 is 17.3 Å². The lowest BCUT2D eigenvalue weighted by Gasteiger charge is -2.07. The van der Waals surface area contributed by atoms with Crippen LogP contribution in [0, 0.1) is 17.0 Å². The number of pyridine rings is 1. The highest BCUT2D eigenvalue weighted by molar-refractivity contribution is 6.17. The molecule has 0 saturated carbocycles. The molecule has 2 aromatic rings. The van der Waals surface area contributed by atoms with Crippen molar-refractivity contribution in [1.29, 1.82) is 0 Å². The number of nitro benzene ring substituents is 1. The molecular weight excluding hydrogens is 268 g/mol. The van der Waals surface area contributed by atoms with Gasteiger partial charge in [0, 0.05) is 17.3 Å². The summed E-state index contributed by atoms with van der Waals surface area (Å²) in [5.74, 6) is 1.12. The number of ether oxygens (including phenoxy) is 1. The molecule has 0 amide bonds.